The Kier molecular flexibility index (Phi) is 3.23. The monoisotopic (exact) mass is 252 g/mol. The third kappa shape index (κ3) is 3.00. The van der Waals surface area contributed by atoms with E-state index in [2.05, 4.69) is 10.3 Å². The van der Waals surface area contributed by atoms with Gasteiger partial charge < -0.3 is 5.32 Å². The summed E-state index contributed by atoms with van der Waals surface area (Å²) in [6.07, 6.45) is -3.22. The summed E-state index contributed by atoms with van der Waals surface area (Å²) in [5.41, 5.74) is 1.07. The van der Waals surface area contributed by atoms with Crippen LogP contribution >= 0.6 is 0 Å². The van der Waals surface area contributed by atoms with E-state index in [1.165, 1.54) is 0 Å². The summed E-state index contributed by atoms with van der Waals surface area (Å²) in [6.45, 7) is 1.94. The van der Waals surface area contributed by atoms with Gasteiger partial charge in [-0.25, -0.2) is 4.98 Å². The number of hydrogen-bond acceptors (Lipinski definition) is 2. The summed E-state index contributed by atoms with van der Waals surface area (Å²) in [5, 5.41) is 2.83. The second-order valence-electron chi connectivity index (χ2n) is 3.92. The SMILES string of the molecule is Cc1ccc(Nc2cc(C(F)(F)F)ccn2)cc1. The highest BCUT2D eigenvalue weighted by atomic mass is 19.4. The van der Waals surface area contributed by atoms with E-state index < -0.39 is 11.7 Å². The van der Waals surface area contributed by atoms with Crippen LogP contribution in [0.5, 0.6) is 0 Å². The zero-order chi connectivity index (χ0) is 13.2. The quantitative estimate of drug-likeness (QED) is 0.868. The first-order valence-electron chi connectivity index (χ1n) is 5.32. The molecule has 1 heterocycles. The van der Waals surface area contributed by atoms with Crippen molar-refractivity contribution in [2.75, 3.05) is 5.32 Å². The van der Waals surface area contributed by atoms with Crippen molar-refractivity contribution in [2.45, 2.75) is 13.1 Å². The first kappa shape index (κ1) is 12.4. The molecule has 0 fully saturated rings. The molecular weight excluding hydrogens is 241 g/mol. The maximum absolute atomic E-state index is 12.5. The van der Waals surface area contributed by atoms with Crippen LogP contribution in [0.2, 0.25) is 0 Å². The molecule has 0 atom stereocenters. The highest BCUT2D eigenvalue weighted by molar-refractivity contribution is 5.56. The topological polar surface area (TPSA) is 24.9 Å². The molecule has 0 saturated carbocycles. The van der Waals surface area contributed by atoms with Crippen LogP contribution in [0.1, 0.15) is 11.1 Å². The zero-order valence-electron chi connectivity index (χ0n) is 9.62. The third-order valence-corrected chi connectivity index (χ3v) is 2.41. The van der Waals surface area contributed by atoms with Crippen LogP contribution in [-0.4, -0.2) is 4.98 Å². The predicted molar refractivity (Wildman–Crippen MR) is 63.7 cm³/mol. The fraction of sp³-hybridized carbons (Fsp3) is 0.154. The van der Waals surface area contributed by atoms with Crippen LogP contribution in [0.15, 0.2) is 42.6 Å². The minimum absolute atomic E-state index is 0.175. The van der Waals surface area contributed by atoms with Crippen molar-refractivity contribution in [3.63, 3.8) is 0 Å². The maximum Gasteiger partial charge on any atom is 0.416 e. The predicted octanol–water partition coefficient (Wildman–Crippen LogP) is 4.15. The van der Waals surface area contributed by atoms with E-state index in [-0.39, 0.29) is 5.82 Å². The van der Waals surface area contributed by atoms with Gasteiger partial charge in [0.15, 0.2) is 0 Å². The van der Waals surface area contributed by atoms with Crippen molar-refractivity contribution in [3.8, 4) is 0 Å². The number of rotatable bonds is 2. The lowest BCUT2D eigenvalue weighted by Crippen LogP contribution is -2.06. The molecule has 0 aliphatic rings. The molecule has 0 unspecified atom stereocenters. The average Bonchev–Trinajstić information content (AvgIpc) is 2.31. The van der Waals surface area contributed by atoms with E-state index in [9.17, 15) is 13.2 Å². The van der Waals surface area contributed by atoms with Crippen molar-refractivity contribution in [2.24, 2.45) is 0 Å². The number of benzene rings is 1. The molecule has 0 amide bonds. The molecule has 18 heavy (non-hydrogen) atoms. The number of aromatic nitrogens is 1. The Morgan fingerprint density at radius 3 is 2.33 bits per heavy atom. The number of nitrogens with one attached hydrogen (secondary N) is 1. The van der Waals surface area contributed by atoms with Gasteiger partial charge >= 0.3 is 6.18 Å². The van der Waals surface area contributed by atoms with Gasteiger partial charge in [-0.3, -0.25) is 0 Å². The second-order valence-corrected chi connectivity index (χ2v) is 3.92. The van der Waals surface area contributed by atoms with Crippen LogP contribution in [0, 0.1) is 6.92 Å². The normalized spacial score (nSPS) is 11.3. The van der Waals surface area contributed by atoms with E-state index in [1.807, 2.05) is 19.1 Å². The lowest BCUT2D eigenvalue weighted by molar-refractivity contribution is -0.137. The average molecular weight is 252 g/mol. The molecule has 0 aliphatic carbocycles. The van der Waals surface area contributed by atoms with Crippen LogP contribution in [-0.2, 0) is 6.18 Å². The molecule has 0 bridgehead atoms. The Labute approximate surface area is 102 Å². The van der Waals surface area contributed by atoms with Gasteiger partial charge in [-0.1, -0.05) is 17.7 Å². The van der Waals surface area contributed by atoms with Crippen LogP contribution in [0.3, 0.4) is 0 Å². The Hall–Kier alpha value is -2.04. The Morgan fingerprint density at radius 1 is 1.06 bits per heavy atom. The van der Waals surface area contributed by atoms with Crippen molar-refractivity contribution < 1.29 is 13.2 Å². The minimum Gasteiger partial charge on any atom is -0.340 e. The van der Waals surface area contributed by atoms with Crippen molar-refractivity contribution in [3.05, 3.63) is 53.7 Å². The van der Waals surface area contributed by atoms with Gasteiger partial charge in [-0.2, -0.15) is 13.2 Å². The molecule has 1 N–H and O–H groups in total. The Balaban J connectivity index is 2.22. The summed E-state index contributed by atoms with van der Waals surface area (Å²) < 4.78 is 37.5. The molecule has 0 aliphatic heterocycles. The molecule has 0 spiro atoms. The van der Waals surface area contributed by atoms with Gasteiger partial charge in [0, 0.05) is 11.9 Å². The number of aryl methyl sites for hydroxylation is 1. The molecule has 1 aromatic heterocycles. The molecule has 94 valence electrons. The maximum atomic E-state index is 12.5. The summed E-state index contributed by atoms with van der Waals surface area (Å²) in [5.74, 6) is 0.175. The van der Waals surface area contributed by atoms with Gasteiger partial charge in [0.25, 0.3) is 0 Å². The van der Waals surface area contributed by atoms with Crippen molar-refractivity contribution >= 4 is 11.5 Å². The number of pyridine rings is 1. The van der Waals surface area contributed by atoms with Crippen LogP contribution in [0.25, 0.3) is 0 Å². The molecule has 2 nitrogen and oxygen atoms in total. The number of hydrogen-bond donors (Lipinski definition) is 1. The van der Waals surface area contributed by atoms with E-state index in [4.69, 9.17) is 0 Å². The number of nitrogens with zero attached hydrogens (tertiary/aromatic N) is 1. The largest absolute Gasteiger partial charge is 0.416 e. The van der Waals surface area contributed by atoms with E-state index >= 15 is 0 Å². The lowest BCUT2D eigenvalue weighted by Gasteiger charge is -2.09. The number of alkyl halides is 3. The van der Waals surface area contributed by atoms with Gasteiger partial charge in [-0.05, 0) is 31.2 Å². The molecule has 2 aromatic rings. The molecule has 0 radical (unpaired) electrons. The standard InChI is InChI=1S/C13H11F3N2/c1-9-2-4-11(5-3-9)18-12-8-10(6-7-17-12)13(14,15)16/h2-8H,1H3,(H,17,18). The highest BCUT2D eigenvalue weighted by Crippen LogP contribution is 2.30. The summed E-state index contributed by atoms with van der Waals surface area (Å²) in [7, 11) is 0. The van der Waals surface area contributed by atoms with Gasteiger partial charge in [0.2, 0.25) is 0 Å². The fourth-order valence-electron chi connectivity index (χ4n) is 1.46. The Morgan fingerprint density at radius 2 is 1.72 bits per heavy atom. The van der Waals surface area contributed by atoms with E-state index in [1.54, 1.807) is 12.1 Å². The summed E-state index contributed by atoms with van der Waals surface area (Å²) in [4.78, 5) is 3.86. The molecule has 2 rings (SSSR count). The van der Waals surface area contributed by atoms with Gasteiger partial charge in [0.05, 0.1) is 5.56 Å². The van der Waals surface area contributed by atoms with Crippen molar-refractivity contribution in [1.82, 2.24) is 4.98 Å². The molecule has 5 heteroatoms. The lowest BCUT2D eigenvalue weighted by atomic mass is 10.2. The first-order valence-corrected chi connectivity index (χ1v) is 5.32. The molecule has 0 saturated heterocycles. The second kappa shape index (κ2) is 4.68. The first-order chi connectivity index (χ1) is 8.45. The number of halogens is 3. The fourth-order valence-corrected chi connectivity index (χ4v) is 1.46. The molecular formula is C13H11F3N2. The van der Waals surface area contributed by atoms with Gasteiger partial charge in [-0.15, -0.1) is 0 Å². The minimum atomic E-state index is -4.35. The third-order valence-electron chi connectivity index (χ3n) is 2.41. The number of anilines is 2. The zero-order valence-corrected chi connectivity index (χ0v) is 9.62. The highest BCUT2D eigenvalue weighted by Gasteiger charge is 2.30. The molecule has 1 aromatic carbocycles. The van der Waals surface area contributed by atoms with E-state index in [0.29, 0.717) is 5.69 Å². The summed E-state index contributed by atoms with van der Waals surface area (Å²) in [6, 6.07) is 9.25. The Bertz CT molecular complexity index is 533. The van der Waals surface area contributed by atoms with Crippen LogP contribution in [0.4, 0.5) is 24.7 Å². The smallest absolute Gasteiger partial charge is 0.340 e. The van der Waals surface area contributed by atoms with Gasteiger partial charge in [0.1, 0.15) is 5.82 Å². The van der Waals surface area contributed by atoms with Crippen molar-refractivity contribution in [1.29, 1.82) is 0 Å². The van der Waals surface area contributed by atoms with Crippen LogP contribution < -0.4 is 5.32 Å². The van der Waals surface area contributed by atoms with E-state index in [0.717, 1.165) is 23.9 Å². The summed E-state index contributed by atoms with van der Waals surface area (Å²) >= 11 is 0.